The molecule has 0 unspecified atom stereocenters. The summed E-state index contributed by atoms with van der Waals surface area (Å²) in [7, 11) is 0. The zero-order valence-corrected chi connectivity index (χ0v) is 10.1. The summed E-state index contributed by atoms with van der Waals surface area (Å²) < 4.78 is 27.4. The Morgan fingerprint density at radius 3 is 2.56 bits per heavy atom. The van der Waals surface area contributed by atoms with E-state index in [2.05, 4.69) is 15.9 Å². The van der Waals surface area contributed by atoms with Crippen molar-refractivity contribution in [3.63, 3.8) is 0 Å². The number of hydrogen-bond donors (Lipinski definition) is 1. The molecule has 1 N–H and O–H groups in total. The summed E-state index contributed by atoms with van der Waals surface area (Å²) in [6.45, 7) is -0.564. The minimum absolute atomic E-state index is 0.244. The quantitative estimate of drug-likeness (QED) is 0.906. The van der Waals surface area contributed by atoms with Crippen LogP contribution in [0.1, 0.15) is 6.42 Å². The molecule has 0 amide bonds. The van der Waals surface area contributed by atoms with E-state index in [0.29, 0.717) is 0 Å². The molecule has 88 valence electrons. The number of aliphatic hydroxyl groups excluding tert-OH is 1. The van der Waals surface area contributed by atoms with Gasteiger partial charge in [0.15, 0.2) is 0 Å². The number of aliphatic hydroxyl groups is 1. The van der Waals surface area contributed by atoms with Crippen molar-refractivity contribution in [3.8, 4) is 0 Å². The van der Waals surface area contributed by atoms with Gasteiger partial charge in [0.1, 0.15) is 0 Å². The number of rotatable bonds is 2. The molecule has 5 heteroatoms. The molecule has 1 aromatic rings. The summed E-state index contributed by atoms with van der Waals surface area (Å²) >= 11 is 3.29. The average Bonchev–Trinajstić information content (AvgIpc) is 2.55. The second-order valence-corrected chi connectivity index (χ2v) is 4.92. The number of halogens is 3. The Hall–Kier alpha value is -0.680. The maximum Gasteiger partial charge on any atom is 0.267 e. The molecular formula is C11H12BrF2NO. The van der Waals surface area contributed by atoms with Crippen molar-refractivity contribution in [2.24, 2.45) is 0 Å². The van der Waals surface area contributed by atoms with Gasteiger partial charge in [0.05, 0.1) is 19.2 Å². The summed E-state index contributed by atoms with van der Waals surface area (Å²) in [6, 6.07) is 6.67. The van der Waals surface area contributed by atoms with E-state index in [-0.39, 0.29) is 19.6 Å². The lowest BCUT2D eigenvalue weighted by Gasteiger charge is -2.24. The lowest BCUT2D eigenvalue weighted by atomic mass is 10.2. The van der Waals surface area contributed by atoms with Crippen LogP contribution in [0.15, 0.2) is 28.7 Å². The number of hydrogen-bond acceptors (Lipinski definition) is 2. The van der Waals surface area contributed by atoms with Crippen molar-refractivity contribution >= 4 is 21.6 Å². The lowest BCUT2D eigenvalue weighted by molar-refractivity contribution is 0.0201. The van der Waals surface area contributed by atoms with Gasteiger partial charge in [-0.25, -0.2) is 8.78 Å². The van der Waals surface area contributed by atoms with Crippen LogP contribution < -0.4 is 4.90 Å². The molecule has 2 nitrogen and oxygen atoms in total. The molecule has 0 radical (unpaired) electrons. The Labute approximate surface area is 101 Å². The molecular weight excluding hydrogens is 280 g/mol. The topological polar surface area (TPSA) is 23.5 Å². The summed E-state index contributed by atoms with van der Waals surface area (Å²) in [6.07, 6.45) is -0.278. The van der Waals surface area contributed by atoms with Crippen molar-refractivity contribution in [2.45, 2.75) is 18.4 Å². The fraction of sp³-hybridized carbons (Fsp3) is 0.455. The van der Waals surface area contributed by atoms with Gasteiger partial charge in [-0.05, 0) is 24.3 Å². The highest BCUT2D eigenvalue weighted by molar-refractivity contribution is 9.10. The van der Waals surface area contributed by atoms with Crippen molar-refractivity contribution < 1.29 is 13.9 Å². The highest BCUT2D eigenvalue weighted by Crippen LogP contribution is 2.35. The monoisotopic (exact) mass is 291 g/mol. The molecule has 1 fully saturated rings. The fourth-order valence-electron chi connectivity index (χ4n) is 2.00. The third-order valence-electron chi connectivity index (χ3n) is 2.75. The van der Waals surface area contributed by atoms with Crippen LogP contribution in [0.25, 0.3) is 0 Å². The van der Waals surface area contributed by atoms with Gasteiger partial charge in [-0.2, -0.15) is 0 Å². The summed E-state index contributed by atoms with van der Waals surface area (Å²) in [5, 5.41) is 9.10. The summed E-state index contributed by atoms with van der Waals surface area (Å²) in [5.41, 5.74) is 0.722. The fourth-order valence-corrected chi connectivity index (χ4v) is 2.26. The molecule has 0 bridgehead atoms. The first kappa shape index (κ1) is 11.8. The van der Waals surface area contributed by atoms with E-state index in [1.807, 2.05) is 0 Å². The van der Waals surface area contributed by atoms with Crippen molar-refractivity contribution in [1.82, 2.24) is 0 Å². The Balaban J connectivity index is 2.23. The first-order chi connectivity index (χ1) is 7.52. The standard InChI is InChI=1S/C11H12BrF2NO/c12-8-1-3-9(4-2-8)15-7-11(13,14)5-10(15)6-16/h1-4,10,16H,5-7H2/t10-/m0/s1. The van der Waals surface area contributed by atoms with Crippen LogP contribution in [-0.4, -0.2) is 30.2 Å². The van der Waals surface area contributed by atoms with Crippen molar-refractivity contribution in [3.05, 3.63) is 28.7 Å². The van der Waals surface area contributed by atoms with Crippen molar-refractivity contribution in [1.29, 1.82) is 0 Å². The molecule has 1 aliphatic rings. The Kier molecular flexibility index (Phi) is 3.17. The van der Waals surface area contributed by atoms with Gasteiger partial charge in [0.2, 0.25) is 0 Å². The van der Waals surface area contributed by atoms with Crippen molar-refractivity contribution in [2.75, 3.05) is 18.1 Å². The molecule has 1 heterocycles. The molecule has 1 aromatic carbocycles. The highest BCUT2D eigenvalue weighted by Gasteiger charge is 2.44. The second-order valence-electron chi connectivity index (χ2n) is 4.00. The Bertz CT molecular complexity index is 369. The third kappa shape index (κ3) is 2.35. The zero-order chi connectivity index (χ0) is 11.8. The van der Waals surface area contributed by atoms with Gasteiger partial charge in [0.25, 0.3) is 5.92 Å². The van der Waals surface area contributed by atoms with Gasteiger partial charge in [-0.1, -0.05) is 15.9 Å². The molecule has 0 spiro atoms. The van der Waals surface area contributed by atoms with E-state index in [0.717, 1.165) is 10.2 Å². The molecule has 1 saturated heterocycles. The Morgan fingerprint density at radius 1 is 1.38 bits per heavy atom. The van der Waals surface area contributed by atoms with E-state index >= 15 is 0 Å². The maximum atomic E-state index is 13.2. The molecule has 1 aliphatic heterocycles. The van der Waals surface area contributed by atoms with Crippen LogP contribution in [0, 0.1) is 0 Å². The lowest BCUT2D eigenvalue weighted by Crippen LogP contribution is -2.32. The largest absolute Gasteiger partial charge is 0.394 e. The molecule has 1 atom stereocenters. The maximum absolute atomic E-state index is 13.2. The van der Waals surface area contributed by atoms with E-state index in [1.54, 1.807) is 29.2 Å². The minimum atomic E-state index is -2.71. The van der Waals surface area contributed by atoms with Crippen LogP contribution in [0.2, 0.25) is 0 Å². The smallest absolute Gasteiger partial charge is 0.267 e. The summed E-state index contributed by atoms with van der Waals surface area (Å²) in [5.74, 6) is -2.71. The van der Waals surface area contributed by atoms with Crippen LogP contribution in [-0.2, 0) is 0 Å². The normalized spacial score (nSPS) is 23.8. The van der Waals surface area contributed by atoms with Gasteiger partial charge >= 0.3 is 0 Å². The van der Waals surface area contributed by atoms with Crippen LogP contribution in [0.3, 0.4) is 0 Å². The zero-order valence-electron chi connectivity index (χ0n) is 8.54. The molecule has 0 saturated carbocycles. The molecule has 2 rings (SSSR count). The number of benzene rings is 1. The highest BCUT2D eigenvalue weighted by atomic mass is 79.9. The van der Waals surface area contributed by atoms with Gasteiger partial charge in [0, 0.05) is 16.6 Å². The number of nitrogens with zero attached hydrogens (tertiary/aromatic N) is 1. The average molecular weight is 292 g/mol. The predicted octanol–water partition coefficient (Wildman–Crippen LogP) is 2.66. The van der Waals surface area contributed by atoms with Crippen LogP contribution in [0.4, 0.5) is 14.5 Å². The third-order valence-corrected chi connectivity index (χ3v) is 3.27. The number of anilines is 1. The predicted molar refractivity (Wildman–Crippen MR) is 61.9 cm³/mol. The molecule has 0 aliphatic carbocycles. The van der Waals surface area contributed by atoms with Gasteiger partial charge < -0.3 is 10.0 Å². The SMILES string of the molecule is OC[C@@H]1CC(F)(F)CN1c1ccc(Br)cc1. The second kappa shape index (κ2) is 4.30. The molecule has 16 heavy (non-hydrogen) atoms. The summed E-state index contributed by atoms with van der Waals surface area (Å²) in [4.78, 5) is 1.56. The van der Waals surface area contributed by atoms with E-state index in [9.17, 15) is 8.78 Å². The van der Waals surface area contributed by atoms with E-state index < -0.39 is 12.0 Å². The molecule has 0 aromatic heterocycles. The first-order valence-electron chi connectivity index (χ1n) is 5.03. The van der Waals surface area contributed by atoms with Gasteiger partial charge in [-0.3, -0.25) is 0 Å². The Morgan fingerprint density at radius 2 is 2.00 bits per heavy atom. The van der Waals surface area contributed by atoms with Crippen LogP contribution >= 0.6 is 15.9 Å². The van der Waals surface area contributed by atoms with E-state index in [4.69, 9.17) is 5.11 Å². The number of alkyl halides is 2. The minimum Gasteiger partial charge on any atom is -0.394 e. The van der Waals surface area contributed by atoms with Gasteiger partial charge in [-0.15, -0.1) is 0 Å². The van der Waals surface area contributed by atoms with E-state index in [1.165, 1.54) is 0 Å². The van der Waals surface area contributed by atoms with Crippen LogP contribution in [0.5, 0.6) is 0 Å². The first-order valence-corrected chi connectivity index (χ1v) is 5.82.